The molecule has 0 saturated carbocycles. The Morgan fingerprint density at radius 1 is 0.949 bits per heavy atom. The van der Waals surface area contributed by atoms with Gasteiger partial charge in [-0.25, -0.2) is 4.79 Å². The van der Waals surface area contributed by atoms with Crippen molar-refractivity contribution in [2.24, 2.45) is 11.5 Å². The van der Waals surface area contributed by atoms with Crippen LogP contribution >= 0.6 is 0 Å². The summed E-state index contributed by atoms with van der Waals surface area (Å²) in [5.74, 6) is -5.62. The standard InChI is InChI=1S/C25H36N6O8/c1-13(32)21(24(37)30-19(25(38)39)11-20(33)34)31-23(36)18(29-22(35)16(27)7-4-5-9-26)10-14-12-28-17-8-3-2-6-15(14)17/h2-3,6,8,12-13,16,18-19,21,28,32H,4-5,7,9-11,26-27H2,1H3,(H,29,35)(H,30,37)(H,31,36)(H,33,34)(H,38,39). The Balaban J connectivity index is 2.26. The van der Waals surface area contributed by atoms with E-state index >= 15 is 0 Å². The van der Waals surface area contributed by atoms with E-state index in [2.05, 4.69) is 15.6 Å². The molecule has 39 heavy (non-hydrogen) atoms. The molecular formula is C25H36N6O8. The zero-order chi connectivity index (χ0) is 29.1. The number of benzene rings is 1. The van der Waals surface area contributed by atoms with E-state index in [1.54, 1.807) is 6.20 Å². The van der Waals surface area contributed by atoms with Crippen LogP contribution in [-0.2, 0) is 30.4 Å². The summed E-state index contributed by atoms with van der Waals surface area (Å²) < 4.78 is 0. The molecule has 0 aliphatic rings. The third-order valence-electron chi connectivity index (χ3n) is 6.09. The molecule has 0 spiro atoms. The fourth-order valence-electron chi connectivity index (χ4n) is 3.94. The Morgan fingerprint density at radius 2 is 1.62 bits per heavy atom. The Bertz CT molecular complexity index is 1170. The minimum atomic E-state index is -1.79. The number of rotatable bonds is 16. The molecule has 2 rings (SSSR count). The molecule has 0 bridgehead atoms. The number of aliphatic carboxylic acids is 2. The normalized spacial score (nSPS) is 15.0. The zero-order valence-corrected chi connectivity index (χ0v) is 21.6. The van der Waals surface area contributed by atoms with E-state index in [1.807, 2.05) is 29.6 Å². The molecule has 1 aromatic heterocycles. The first-order valence-corrected chi connectivity index (χ1v) is 12.5. The highest BCUT2D eigenvalue weighted by atomic mass is 16.4. The second kappa shape index (κ2) is 14.8. The first-order chi connectivity index (χ1) is 18.4. The number of carboxylic acid groups (broad SMARTS) is 2. The Kier molecular flexibility index (Phi) is 11.8. The van der Waals surface area contributed by atoms with E-state index in [0.717, 1.165) is 10.9 Å². The van der Waals surface area contributed by atoms with E-state index in [-0.39, 0.29) is 6.42 Å². The third-order valence-corrected chi connectivity index (χ3v) is 6.09. The van der Waals surface area contributed by atoms with Gasteiger partial charge in [0.2, 0.25) is 17.7 Å². The van der Waals surface area contributed by atoms with Crippen molar-refractivity contribution in [3.63, 3.8) is 0 Å². The average molecular weight is 549 g/mol. The van der Waals surface area contributed by atoms with Gasteiger partial charge in [0.25, 0.3) is 0 Å². The molecule has 11 N–H and O–H groups in total. The first kappa shape index (κ1) is 31.2. The number of carbonyl (C=O) groups excluding carboxylic acids is 3. The van der Waals surface area contributed by atoms with Gasteiger partial charge in [-0.15, -0.1) is 0 Å². The number of fused-ring (bicyclic) bond motifs is 1. The lowest BCUT2D eigenvalue weighted by Gasteiger charge is -2.26. The maximum absolute atomic E-state index is 13.3. The summed E-state index contributed by atoms with van der Waals surface area (Å²) in [7, 11) is 0. The summed E-state index contributed by atoms with van der Waals surface area (Å²) >= 11 is 0. The molecule has 5 unspecified atom stereocenters. The quantitative estimate of drug-likeness (QED) is 0.110. The van der Waals surface area contributed by atoms with Crippen molar-refractivity contribution in [1.82, 2.24) is 20.9 Å². The van der Waals surface area contributed by atoms with Gasteiger partial charge in [0.05, 0.1) is 18.6 Å². The van der Waals surface area contributed by atoms with Crippen LogP contribution in [0.4, 0.5) is 0 Å². The fourth-order valence-corrected chi connectivity index (χ4v) is 3.94. The second-order valence-corrected chi connectivity index (χ2v) is 9.24. The molecule has 5 atom stereocenters. The molecule has 214 valence electrons. The van der Waals surface area contributed by atoms with Gasteiger partial charge in [-0.2, -0.15) is 0 Å². The number of unbranched alkanes of at least 4 members (excludes halogenated alkanes) is 1. The molecule has 0 radical (unpaired) electrons. The molecule has 0 saturated heterocycles. The number of aromatic amines is 1. The number of nitrogens with two attached hydrogens (primary N) is 2. The number of carboxylic acids is 2. The number of nitrogens with one attached hydrogen (secondary N) is 4. The van der Waals surface area contributed by atoms with E-state index in [9.17, 15) is 34.2 Å². The highest BCUT2D eigenvalue weighted by molar-refractivity contribution is 5.95. The van der Waals surface area contributed by atoms with Gasteiger partial charge in [-0.1, -0.05) is 24.6 Å². The highest BCUT2D eigenvalue weighted by Crippen LogP contribution is 2.19. The summed E-state index contributed by atoms with van der Waals surface area (Å²) in [5, 5.41) is 36.1. The Labute approximate surface area is 224 Å². The van der Waals surface area contributed by atoms with Crippen molar-refractivity contribution in [3.8, 4) is 0 Å². The topological polar surface area (TPSA) is 250 Å². The molecule has 1 aromatic carbocycles. The van der Waals surface area contributed by atoms with E-state index in [1.165, 1.54) is 6.92 Å². The van der Waals surface area contributed by atoms with Gasteiger partial charge < -0.3 is 47.7 Å². The van der Waals surface area contributed by atoms with E-state index in [0.29, 0.717) is 31.4 Å². The lowest BCUT2D eigenvalue weighted by molar-refractivity contribution is -0.148. The second-order valence-electron chi connectivity index (χ2n) is 9.24. The maximum Gasteiger partial charge on any atom is 0.326 e. The predicted octanol–water partition coefficient (Wildman–Crippen LogP) is -1.44. The summed E-state index contributed by atoms with van der Waals surface area (Å²) in [5.41, 5.74) is 13.0. The van der Waals surface area contributed by atoms with Gasteiger partial charge in [-0.3, -0.25) is 19.2 Å². The monoisotopic (exact) mass is 548 g/mol. The first-order valence-electron chi connectivity index (χ1n) is 12.5. The van der Waals surface area contributed by atoms with Gasteiger partial charge in [0.15, 0.2) is 0 Å². The molecule has 0 aliphatic carbocycles. The van der Waals surface area contributed by atoms with Crippen LogP contribution in [0.15, 0.2) is 30.5 Å². The molecule has 0 aliphatic heterocycles. The summed E-state index contributed by atoms with van der Waals surface area (Å²) in [6, 6.07) is 1.73. The van der Waals surface area contributed by atoms with Crippen molar-refractivity contribution < 1.29 is 39.3 Å². The number of hydrogen-bond donors (Lipinski definition) is 9. The number of aliphatic hydroxyl groups is 1. The third kappa shape index (κ3) is 9.35. The number of aliphatic hydroxyl groups excluding tert-OH is 1. The molecule has 14 heteroatoms. The highest BCUT2D eigenvalue weighted by Gasteiger charge is 2.33. The van der Waals surface area contributed by atoms with Gasteiger partial charge in [-0.05, 0) is 37.9 Å². The number of amides is 3. The van der Waals surface area contributed by atoms with Crippen molar-refractivity contribution in [2.75, 3.05) is 6.54 Å². The zero-order valence-electron chi connectivity index (χ0n) is 21.6. The van der Waals surface area contributed by atoms with Crippen LogP contribution in [0.1, 0.15) is 38.2 Å². The van der Waals surface area contributed by atoms with Crippen LogP contribution in [0.5, 0.6) is 0 Å². The number of H-pyrrole nitrogens is 1. The van der Waals surface area contributed by atoms with Crippen molar-refractivity contribution in [2.45, 2.75) is 69.3 Å². The van der Waals surface area contributed by atoms with E-state index in [4.69, 9.17) is 16.6 Å². The molecule has 14 nitrogen and oxygen atoms in total. The number of para-hydroxylation sites is 1. The lowest BCUT2D eigenvalue weighted by atomic mass is 10.0. The van der Waals surface area contributed by atoms with Gasteiger partial charge in [0.1, 0.15) is 18.1 Å². The van der Waals surface area contributed by atoms with Crippen LogP contribution < -0.4 is 27.4 Å². The summed E-state index contributed by atoms with van der Waals surface area (Å²) in [6.07, 6.45) is 0.894. The maximum atomic E-state index is 13.3. The van der Waals surface area contributed by atoms with Crippen molar-refractivity contribution in [1.29, 1.82) is 0 Å². The Morgan fingerprint density at radius 3 is 2.23 bits per heavy atom. The Hall–Kier alpha value is -4.01. The summed E-state index contributed by atoms with van der Waals surface area (Å²) in [6.45, 7) is 1.63. The van der Waals surface area contributed by atoms with Crippen LogP contribution in [-0.4, -0.2) is 86.8 Å². The minimum absolute atomic E-state index is 0.00200. The predicted molar refractivity (Wildman–Crippen MR) is 140 cm³/mol. The van der Waals surface area contributed by atoms with Crippen LogP contribution in [0, 0.1) is 0 Å². The molecule has 0 fully saturated rings. The van der Waals surface area contributed by atoms with Crippen molar-refractivity contribution >= 4 is 40.6 Å². The smallest absolute Gasteiger partial charge is 0.326 e. The van der Waals surface area contributed by atoms with Gasteiger partial charge >= 0.3 is 11.9 Å². The van der Waals surface area contributed by atoms with Crippen LogP contribution in [0.3, 0.4) is 0 Å². The number of hydrogen-bond acceptors (Lipinski definition) is 8. The van der Waals surface area contributed by atoms with Crippen LogP contribution in [0.2, 0.25) is 0 Å². The summed E-state index contributed by atoms with van der Waals surface area (Å²) in [4.78, 5) is 64.3. The largest absolute Gasteiger partial charge is 0.481 e. The van der Waals surface area contributed by atoms with Crippen molar-refractivity contribution in [3.05, 3.63) is 36.0 Å². The van der Waals surface area contributed by atoms with E-state index < -0.39 is 66.4 Å². The lowest BCUT2D eigenvalue weighted by Crippen LogP contribution is -2.60. The number of carbonyl (C=O) groups is 5. The SMILES string of the molecule is CC(O)C(NC(=O)C(Cc1c[nH]c2ccccc12)NC(=O)C(N)CCCCN)C(=O)NC(CC(=O)O)C(=O)O. The average Bonchev–Trinajstić information content (AvgIpc) is 3.28. The number of aromatic nitrogens is 1. The molecule has 3 amide bonds. The van der Waals surface area contributed by atoms with Gasteiger partial charge in [0, 0.05) is 23.5 Å². The molecule has 1 heterocycles. The fraction of sp³-hybridized carbons (Fsp3) is 0.480. The minimum Gasteiger partial charge on any atom is -0.481 e. The molecule has 2 aromatic rings. The van der Waals surface area contributed by atoms with Crippen LogP contribution in [0.25, 0.3) is 10.9 Å². The molecular weight excluding hydrogens is 512 g/mol.